The Morgan fingerprint density at radius 3 is 2.82 bits per heavy atom. The van der Waals surface area contributed by atoms with Crippen LogP contribution in [-0.2, 0) is 0 Å². The molecule has 92 valence electrons. The Morgan fingerprint density at radius 1 is 1.53 bits per heavy atom. The van der Waals surface area contributed by atoms with Crippen LogP contribution in [0.25, 0.3) is 0 Å². The lowest BCUT2D eigenvalue weighted by molar-refractivity contribution is 0.251. The Labute approximate surface area is 107 Å². The van der Waals surface area contributed by atoms with Crippen LogP contribution < -0.4 is 16.4 Å². The van der Waals surface area contributed by atoms with E-state index in [1.54, 1.807) is 0 Å². The average molecular weight is 251 g/mol. The molecular weight excluding hydrogens is 234 g/mol. The van der Waals surface area contributed by atoms with Gasteiger partial charge in [-0.25, -0.2) is 4.79 Å². The third kappa shape index (κ3) is 4.82. The number of hydrogen-bond donors (Lipinski definition) is 3. The number of aryl methyl sites for hydroxylation is 1. The summed E-state index contributed by atoms with van der Waals surface area (Å²) in [6.45, 7) is 4.28. The Kier molecular flexibility index (Phi) is 4.90. The monoisotopic (exact) mass is 251 g/mol. The van der Waals surface area contributed by atoms with E-state index in [0.29, 0.717) is 11.5 Å². The molecule has 0 saturated heterocycles. The van der Waals surface area contributed by atoms with Crippen molar-refractivity contribution in [3.63, 3.8) is 0 Å². The highest BCUT2D eigenvalue weighted by molar-refractivity contribution is 7.80. The highest BCUT2D eigenvalue weighted by Crippen LogP contribution is 2.08. The Morgan fingerprint density at radius 2 is 2.24 bits per heavy atom. The largest absolute Gasteiger partial charge is 0.393 e. The summed E-state index contributed by atoms with van der Waals surface area (Å²) in [7, 11) is 0. The van der Waals surface area contributed by atoms with Gasteiger partial charge in [-0.15, -0.1) is 0 Å². The molecule has 1 rings (SSSR count). The molecule has 0 fully saturated rings. The summed E-state index contributed by atoms with van der Waals surface area (Å²) in [6, 6.07) is 7.35. The van der Waals surface area contributed by atoms with Crippen molar-refractivity contribution in [3.05, 3.63) is 29.8 Å². The number of nitrogens with one attached hydrogen (secondary N) is 2. The van der Waals surface area contributed by atoms with Crippen molar-refractivity contribution < 1.29 is 4.79 Å². The first-order valence-electron chi connectivity index (χ1n) is 5.40. The molecular formula is C12H17N3OS. The van der Waals surface area contributed by atoms with E-state index >= 15 is 0 Å². The van der Waals surface area contributed by atoms with Gasteiger partial charge in [-0.05, 0) is 24.6 Å². The predicted octanol–water partition coefficient (Wildman–Crippen LogP) is 2.04. The van der Waals surface area contributed by atoms with Gasteiger partial charge in [0.25, 0.3) is 0 Å². The maximum absolute atomic E-state index is 11.5. The number of nitrogens with two attached hydrogens (primary N) is 1. The Hall–Kier alpha value is -1.62. The van der Waals surface area contributed by atoms with E-state index in [1.807, 2.05) is 38.1 Å². The number of carbonyl (C=O) groups is 1. The first-order valence-corrected chi connectivity index (χ1v) is 5.80. The topological polar surface area (TPSA) is 67.2 Å². The van der Waals surface area contributed by atoms with Crippen LogP contribution in [-0.4, -0.2) is 17.6 Å². The Bertz CT molecular complexity index is 420. The summed E-state index contributed by atoms with van der Waals surface area (Å²) in [5.41, 5.74) is 7.32. The maximum Gasteiger partial charge on any atom is 0.319 e. The molecule has 1 atom stereocenters. The molecule has 0 aliphatic carbocycles. The molecule has 1 unspecified atom stereocenters. The molecule has 0 saturated carbocycles. The Balaban J connectivity index is 2.42. The SMILES string of the molecule is Cc1cccc(NC(=O)NCC(C)C(N)=S)c1. The van der Waals surface area contributed by atoms with Crippen molar-refractivity contribution >= 4 is 28.9 Å². The standard InChI is InChI=1S/C12H17N3OS/c1-8-4-3-5-10(6-8)15-12(16)14-7-9(2)11(13)17/h3-6,9H,7H2,1-2H3,(H2,13,17)(H2,14,15,16). The van der Waals surface area contributed by atoms with Gasteiger partial charge in [0.05, 0.1) is 4.99 Å². The number of benzene rings is 1. The molecule has 0 bridgehead atoms. The van der Waals surface area contributed by atoms with E-state index in [4.69, 9.17) is 18.0 Å². The van der Waals surface area contributed by atoms with Gasteiger partial charge in [-0.1, -0.05) is 31.3 Å². The van der Waals surface area contributed by atoms with Gasteiger partial charge in [0.15, 0.2) is 0 Å². The van der Waals surface area contributed by atoms with Crippen LogP contribution in [0.15, 0.2) is 24.3 Å². The van der Waals surface area contributed by atoms with Crippen molar-refractivity contribution in [1.82, 2.24) is 5.32 Å². The van der Waals surface area contributed by atoms with Crippen molar-refractivity contribution in [1.29, 1.82) is 0 Å². The van der Waals surface area contributed by atoms with E-state index < -0.39 is 0 Å². The average Bonchev–Trinajstić information content (AvgIpc) is 2.25. The van der Waals surface area contributed by atoms with Crippen molar-refractivity contribution in [3.8, 4) is 0 Å². The second-order valence-corrected chi connectivity index (χ2v) is 4.48. The molecule has 0 heterocycles. The normalized spacial score (nSPS) is 11.6. The summed E-state index contributed by atoms with van der Waals surface area (Å²) in [5.74, 6) is -0.00624. The van der Waals surface area contributed by atoms with Gasteiger partial charge in [-0.2, -0.15) is 0 Å². The van der Waals surface area contributed by atoms with E-state index in [0.717, 1.165) is 11.3 Å². The third-order valence-corrected chi connectivity index (χ3v) is 2.73. The molecule has 2 amide bonds. The smallest absolute Gasteiger partial charge is 0.319 e. The molecule has 0 aliphatic rings. The van der Waals surface area contributed by atoms with Gasteiger partial charge in [0, 0.05) is 18.2 Å². The molecule has 0 radical (unpaired) electrons. The number of urea groups is 1. The zero-order valence-electron chi connectivity index (χ0n) is 9.99. The first kappa shape index (κ1) is 13.4. The fourth-order valence-electron chi connectivity index (χ4n) is 1.24. The summed E-state index contributed by atoms with van der Waals surface area (Å²) >= 11 is 4.82. The molecule has 4 nitrogen and oxygen atoms in total. The number of amides is 2. The summed E-state index contributed by atoms with van der Waals surface area (Å²) < 4.78 is 0. The van der Waals surface area contributed by atoms with Crippen LogP contribution in [0.3, 0.4) is 0 Å². The molecule has 17 heavy (non-hydrogen) atoms. The highest BCUT2D eigenvalue weighted by atomic mass is 32.1. The van der Waals surface area contributed by atoms with Gasteiger partial charge in [-0.3, -0.25) is 0 Å². The fourth-order valence-corrected chi connectivity index (χ4v) is 1.33. The predicted molar refractivity (Wildman–Crippen MR) is 74.1 cm³/mol. The fraction of sp³-hybridized carbons (Fsp3) is 0.333. The summed E-state index contributed by atoms with van der Waals surface area (Å²) in [6.07, 6.45) is 0. The number of thiocarbonyl (C=S) groups is 1. The number of rotatable bonds is 4. The van der Waals surface area contributed by atoms with Gasteiger partial charge in [0.2, 0.25) is 0 Å². The summed E-state index contributed by atoms with van der Waals surface area (Å²) in [4.78, 5) is 11.9. The lowest BCUT2D eigenvalue weighted by Gasteiger charge is -2.12. The van der Waals surface area contributed by atoms with Crippen LogP contribution in [0, 0.1) is 12.8 Å². The van der Waals surface area contributed by atoms with Gasteiger partial charge >= 0.3 is 6.03 Å². The van der Waals surface area contributed by atoms with Gasteiger partial charge in [0.1, 0.15) is 0 Å². The molecule has 1 aromatic carbocycles. The number of anilines is 1. The van der Waals surface area contributed by atoms with Crippen LogP contribution in [0.1, 0.15) is 12.5 Å². The molecule has 0 aromatic heterocycles. The maximum atomic E-state index is 11.5. The zero-order chi connectivity index (χ0) is 12.8. The van der Waals surface area contributed by atoms with Crippen LogP contribution in [0.4, 0.5) is 10.5 Å². The summed E-state index contributed by atoms with van der Waals surface area (Å²) in [5, 5.41) is 5.46. The van der Waals surface area contributed by atoms with E-state index in [1.165, 1.54) is 0 Å². The molecule has 4 N–H and O–H groups in total. The minimum absolute atomic E-state index is 0.00624. The molecule has 1 aromatic rings. The second kappa shape index (κ2) is 6.20. The van der Waals surface area contributed by atoms with Crippen LogP contribution in [0.2, 0.25) is 0 Å². The minimum Gasteiger partial charge on any atom is -0.393 e. The van der Waals surface area contributed by atoms with E-state index in [-0.39, 0.29) is 11.9 Å². The number of carbonyl (C=O) groups excluding carboxylic acids is 1. The lowest BCUT2D eigenvalue weighted by Crippen LogP contribution is -2.36. The van der Waals surface area contributed by atoms with E-state index in [9.17, 15) is 4.79 Å². The lowest BCUT2D eigenvalue weighted by atomic mass is 10.2. The molecule has 5 heteroatoms. The highest BCUT2D eigenvalue weighted by Gasteiger charge is 2.07. The quantitative estimate of drug-likeness (QED) is 0.717. The van der Waals surface area contributed by atoms with Crippen LogP contribution in [0.5, 0.6) is 0 Å². The van der Waals surface area contributed by atoms with Crippen molar-refractivity contribution in [2.24, 2.45) is 11.7 Å². The molecule has 0 spiro atoms. The third-order valence-electron chi connectivity index (χ3n) is 2.33. The first-order chi connectivity index (χ1) is 7.99. The molecule has 0 aliphatic heterocycles. The second-order valence-electron chi connectivity index (χ2n) is 4.01. The van der Waals surface area contributed by atoms with Crippen molar-refractivity contribution in [2.75, 3.05) is 11.9 Å². The van der Waals surface area contributed by atoms with Crippen LogP contribution >= 0.6 is 12.2 Å². The minimum atomic E-state index is -0.251. The van der Waals surface area contributed by atoms with Gasteiger partial charge < -0.3 is 16.4 Å². The van der Waals surface area contributed by atoms with E-state index in [2.05, 4.69) is 10.6 Å². The number of hydrogen-bond acceptors (Lipinski definition) is 2. The zero-order valence-corrected chi connectivity index (χ0v) is 10.8. The van der Waals surface area contributed by atoms with Crippen molar-refractivity contribution in [2.45, 2.75) is 13.8 Å².